The molecule has 0 N–H and O–H groups in total. The van der Waals surface area contributed by atoms with Crippen molar-refractivity contribution in [3.63, 3.8) is 0 Å². The number of methoxy groups -OCH3 is 2. The van der Waals surface area contributed by atoms with Gasteiger partial charge in [0.15, 0.2) is 11.5 Å². The molecule has 1 fully saturated rings. The molecule has 35 heavy (non-hydrogen) atoms. The zero-order chi connectivity index (χ0) is 24.8. The molecular formula is C28H34N4O3. The summed E-state index contributed by atoms with van der Waals surface area (Å²) in [5.74, 6) is 1.39. The van der Waals surface area contributed by atoms with E-state index in [0.717, 1.165) is 48.7 Å². The predicted molar refractivity (Wildman–Crippen MR) is 138 cm³/mol. The minimum atomic E-state index is 0.0991. The molecule has 7 nitrogen and oxygen atoms in total. The fourth-order valence-electron chi connectivity index (χ4n) is 4.46. The van der Waals surface area contributed by atoms with Gasteiger partial charge in [-0.25, -0.2) is 9.97 Å². The van der Waals surface area contributed by atoms with E-state index in [9.17, 15) is 4.79 Å². The first-order chi connectivity index (χ1) is 16.9. The zero-order valence-corrected chi connectivity index (χ0v) is 21.1. The SMILES string of the molecule is COc1cc(C)c(CC(=O)Cc2cc(Cc3cccc(N4CCN(C)CC4)c3)ncn2)cc1OC. The molecule has 0 saturated carbocycles. The van der Waals surface area contributed by atoms with Crippen molar-refractivity contribution in [2.24, 2.45) is 0 Å². The molecular weight excluding hydrogens is 440 g/mol. The van der Waals surface area contributed by atoms with Crippen LogP contribution in [-0.2, 0) is 24.1 Å². The van der Waals surface area contributed by atoms with Gasteiger partial charge < -0.3 is 19.3 Å². The lowest BCUT2D eigenvalue weighted by Crippen LogP contribution is -2.44. The third-order valence-corrected chi connectivity index (χ3v) is 6.55. The van der Waals surface area contributed by atoms with E-state index in [1.165, 1.54) is 11.3 Å². The summed E-state index contributed by atoms with van der Waals surface area (Å²) in [4.78, 5) is 26.5. The number of piperazine rings is 1. The molecule has 1 saturated heterocycles. The van der Waals surface area contributed by atoms with E-state index in [-0.39, 0.29) is 12.2 Å². The van der Waals surface area contributed by atoms with Gasteiger partial charge in [0.1, 0.15) is 12.1 Å². The normalized spacial score (nSPS) is 14.1. The minimum Gasteiger partial charge on any atom is -0.493 e. The second kappa shape index (κ2) is 11.3. The Bertz CT molecular complexity index is 1170. The number of rotatable bonds is 9. The number of benzene rings is 2. The van der Waals surface area contributed by atoms with Gasteiger partial charge in [-0.15, -0.1) is 0 Å². The van der Waals surface area contributed by atoms with Crippen molar-refractivity contribution in [3.8, 4) is 11.5 Å². The van der Waals surface area contributed by atoms with E-state index in [4.69, 9.17) is 9.47 Å². The van der Waals surface area contributed by atoms with Crippen LogP contribution in [0.15, 0.2) is 48.8 Å². The number of Topliss-reactive ketones (excluding diaryl/α,β-unsaturated/α-hetero) is 1. The third kappa shape index (κ3) is 6.36. The van der Waals surface area contributed by atoms with Crippen LogP contribution < -0.4 is 14.4 Å². The van der Waals surface area contributed by atoms with Crippen LogP contribution in [-0.4, -0.2) is 68.1 Å². The summed E-state index contributed by atoms with van der Waals surface area (Å²) in [5, 5.41) is 0. The Morgan fingerprint density at radius 3 is 2.37 bits per heavy atom. The van der Waals surface area contributed by atoms with Gasteiger partial charge in [0, 0.05) is 56.8 Å². The van der Waals surface area contributed by atoms with Gasteiger partial charge in [-0.05, 0) is 61.0 Å². The number of ketones is 1. The van der Waals surface area contributed by atoms with Gasteiger partial charge in [0.25, 0.3) is 0 Å². The van der Waals surface area contributed by atoms with E-state index < -0.39 is 0 Å². The van der Waals surface area contributed by atoms with E-state index >= 15 is 0 Å². The second-order valence-electron chi connectivity index (χ2n) is 9.16. The number of carbonyl (C=O) groups excluding carboxylic acids is 1. The van der Waals surface area contributed by atoms with Crippen LogP contribution in [0.5, 0.6) is 11.5 Å². The Morgan fingerprint density at radius 1 is 0.914 bits per heavy atom. The fourth-order valence-corrected chi connectivity index (χ4v) is 4.46. The molecule has 2 aromatic carbocycles. The summed E-state index contributed by atoms with van der Waals surface area (Å²) in [6.45, 7) is 6.22. The average Bonchev–Trinajstić information content (AvgIpc) is 2.86. The molecule has 0 amide bonds. The third-order valence-electron chi connectivity index (χ3n) is 6.55. The molecule has 1 aromatic heterocycles. The van der Waals surface area contributed by atoms with Crippen molar-refractivity contribution in [1.82, 2.24) is 14.9 Å². The first-order valence-electron chi connectivity index (χ1n) is 12.0. The first kappa shape index (κ1) is 24.7. The highest BCUT2D eigenvalue weighted by Crippen LogP contribution is 2.30. The first-order valence-corrected chi connectivity index (χ1v) is 12.0. The van der Waals surface area contributed by atoms with Gasteiger partial charge >= 0.3 is 0 Å². The summed E-state index contributed by atoms with van der Waals surface area (Å²) >= 11 is 0. The Morgan fingerprint density at radius 2 is 1.63 bits per heavy atom. The number of hydrogen-bond donors (Lipinski definition) is 0. The Kier molecular flexibility index (Phi) is 7.98. The molecule has 2 heterocycles. The predicted octanol–water partition coefficient (Wildman–Crippen LogP) is 3.50. The maximum Gasteiger partial charge on any atom is 0.161 e. The van der Waals surface area contributed by atoms with Crippen molar-refractivity contribution < 1.29 is 14.3 Å². The van der Waals surface area contributed by atoms with Crippen molar-refractivity contribution in [3.05, 3.63) is 76.9 Å². The van der Waals surface area contributed by atoms with E-state index in [2.05, 4.69) is 51.1 Å². The quantitative estimate of drug-likeness (QED) is 0.470. The Labute approximate surface area is 207 Å². The molecule has 1 aliphatic rings. The molecule has 0 bridgehead atoms. The number of aromatic nitrogens is 2. The highest BCUT2D eigenvalue weighted by atomic mass is 16.5. The van der Waals surface area contributed by atoms with Crippen molar-refractivity contribution in [2.75, 3.05) is 52.3 Å². The monoisotopic (exact) mass is 474 g/mol. The largest absolute Gasteiger partial charge is 0.493 e. The Balaban J connectivity index is 1.41. The number of likely N-dealkylation sites (N-methyl/N-ethyl adjacent to an activating group) is 1. The van der Waals surface area contributed by atoms with E-state index in [1.807, 2.05) is 25.1 Å². The van der Waals surface area contributed by atoms with Crippen LogP contribution in [0.3, 0.4) is 0 Å². The number of hydrogen-bond acceptors (Lipinski definition) is 7. The number of carbonyl (C=O) groups is 1. The summed E-state index contributed by atoms with van der Waals surface area (Å²) in [5.41, 5.74) is 6.06. The van der Waals surface area contributed by atoms with Crippen molar-refractivity contribution >= 4 is 11.5 Å². The summed E-state index contributed by atoms with van der Waals surface area (Å²) < 4.78 is 10.7. The molecule has 0 radical (unpaired) electrons. The zero-order valence-electron chi connectivity index (χ0n) is 21.1. The lowest BCUT2D eigenvalue weighted by atomic mass is 10.00. The number of anilines is 1. The van der Waals surface area contributed by atoms with Gasteiger partial charge in [-0.2, -0.15) is 0 Å². The van der Waals surface area contributed by atoms with Crippen LogP contribution in [0.2, 0.25) is 0 Å². The van der Waals surface area contributed by atoms with Gasteiger partial charge in [-0.1, -0.05) is 12.1 Å². The summed E-state index contributed by atoms with van der Waals surface area (Å²) in [7, 11) is 5.37. The molecule has 7 heteroatoms. The highest BCUT2D eigenvalue weighted by Gasteiger charge is 2.15. The maximum atomic E-state index is 12.9. The lowest BCUT2D eigenvalue weighted by Gasteiger charge is -2.34. The van der Waals surface area contributed by atoms with Crippen molar-refractivity contribution in [2.45, 2.75) is 26.2 Å². The second-order valence-corrected chi connectivity index (χ2v) is 9.16. The molecule has 0 spiro atoms. The van der Waals surface area contributed by atoms with Crippen LogP contribution >= 0.6 is 0 Å². The minimum absolute atomic E-state index is 0.0991. The fraction of sp³-hybridized carbons (Fsp3) is 0.393. The molecule has 0 aliphatic carbocycles. The summed E-state index contributed by atoms with van der Waals surface area (Å²) in [6.07, 6.45) is 2.85. The molecule has 184 valence electrons. The van der Waals surface area contributed by atoms with Crippen LogP contribution in [0.1, 0.15) is 28.1 Å². The van der Waals surface area contributed by atoms with Gasteiger partial charge in [-0.3, -0.25) is 4.79 Å². The van der Waals surface area contributed by atoms with Crippen LogP contribution in [0.25, 0.3) is 0 Å². The van der Waals surface area contributed by atoms with Crippen molar-refractivity contribution in [1.29, 1.82) is 0 Å². The standard InChI is InChI=1S/C28H34N4O3/c1-20-12-27(34-3)28(35-4)16-22(20)15-26(33)18-24-17-23(29-19-30-24)13-21-6-5-7-25(14-21)32-10-8-31(2)9-11-32/h5-7,12,14,16-17,19H,8-11,13,15,18H2,1-4H3. The number of aryl methyl sites for hydroxylation is 1. The van der Waals surface area contributed by atoms with Crippen LogP contribution in [0, 0.1) is 6.92 Å². The molecule has 0 unspecified atom stereocenters. The average molecular weight is 475 g/mol. The highest BCUT2D eigenvalue weighted by molar-refractivity contribution is 5.83. The topological polar surface area (TPSA) is 67.8 Å². The number of nitrogens with zero attached hydrogens (tertiary/aromatic N) is 4. The number of ether oxygens (including phenoxy) is 2. The Hall–Kier alpha value is -3.45. The van der Waals surface area contributed by atoms with Crippen LogP contribution in [0.4, 0.5) is 5.69 Å². The van der Waals surface area contributed by atoms with Gasteiger partial charge in [0.2, 0.25) is 0 Å². The van der Waals surface area contributed by atoms with E-state index in [0.29, 0.717) is 24.3 Å². The molecule has 4 rings (SSSR count). The molecule has 0 atom stereocenters. The molecule has 1 aliphatic heterocycles. The smallest absolute Gasteiger partial charge is 0.161 e. The maximum absolute atomic E-state index is 12.9. The molecule has 3 aromatic rings. The summed E-state index contributed by atoms with van der Waals surface area (Å²) in [6, 6.07) is 14.4. The van der Waals surface area contributed by atoms with E-state index in [1.54, 1.807) is 20.5 Å². The van der Waals surface area contributed by atoms with Gasteiger partial charge in [0.05, 0.1) is 19.9 Å². The lowest BCUT2D eigenvalue weighted by molar-refractivity contribution is -0.117.